The van der Waals surface area contributed by atoms with Crippen molar-refractivity contribution < 1.29 is 14.2 Å². The van der Waals surface area contributed by atoms with E-state index in [-0.39, 0.29) is 6.04 Å². The van der Waals surface area contributed by atoms with E-state index < -0.39 is 0 Å². The zero-order valence-electron chi connectivity index (χ0n) is 13.9. The third-order valence-corrected chi connectivity index (χ3v) is 2.82. The number of rotatable bonds is 9. The van der Waals surface area contributed by atoms with Crippen molar-refractivity contribution in [2.45, 2.75) is 19.9 Å². The van der Waals surface area contributed by atoms with Crippen molar-refractivity contribution in [2.24, 2.45) is 4.99 Å². The maximum absolute atomic E-state index is 5.66. The van der Waals surface area contributed by atoms with E-state index in [1.54, 1.807) is 14.2 Å². The van der Waals surface area contributed by atoms with E-state index in [1.807, 2.05) is 38.1 Å². The Bertz CT molecular complexity index is 452. The summed E-state index contributed by atoms with van der Waals surface area (Å²) in [5.74, 6) is 2.32. The summed E-state index contributed by atoms with van der Waals surface area (Å²) in [4.78, 5) is 4.48. The Balaban J connectivity index is 2.42. The SMILES string of the molecule is CCNC(=NCCOc1cccc(OC)c1)NC(C)COC. The van der Waals surface area contributed by atoms with Crippen LogP contribution in [0.4, 0.5) is 0 Å². The van der Waals surface area contributed by atoms with E-state index in [9.17, 15) is 0 Å². The molecule has 0 aliphatic carbocycles. The smallest absolute Gasteiger partial charge is 0.191 e. The first-order valence-electron chi connectivity index (χ1n) is 7.50. The van der Waals surface area contributed by atoms with Gasteiger partial charge in [-0.15, -0.1) is 0 Å². The zero-order valence-corrected chi connectivity index (χ0v) is 13.9. The molecule has 1 unspecified atom stereocenters. The second-order valence-electron chi connectivity index (χ2n) is 4.79. The quantitative estimate of drug-likeness (QED) is 0.413. The minimum absolute atomic E-state index is 0.196. The molecule has 0 bridgehead atoms. The van der Waals surface area contributed by atoms with Gasteiger partial charge in [-0.25, -0.2) is 4.99 Å². The zero-order chi connectivity index (χ0) is 16.2. The number of benzene rings is 1. The van der Waals surface area contributed by atoms with Gasteiger partial charge in [0.1, 0.15) is 18.1 Å². The summed E-state index contributed by atoms with van der Waals surface area (Å²) < 4.78 is 15.9. The highest BCUT2D eigenvalue weighted by atomic mass is 16.5. The Morgan fingerprint density at radius 2 is 2.05 bits per heavy atom. The molecule has 0 spiro atoms. The largest absolute Gasteiger partial charge is 0.497 e. The van der Waals surface area contributed by atoms with Crippen molar-refractivity contribution in [3.8, 4) is 11.5 Å². The Morgan fingerprint density at radius 1 is 1.27 bits per heavy atom. The summed E-state index contributed by atoms with van der Waals surface area (Å²) in [6.07, 6.45) is 0. The minimum Gasteiger partial charge on any atom is -0.497 e. The fourth-order valence-electron chi connectivity index (χ4n) is 1.86. The van der Waals surface area contributed by atoms with E-state index in [0.29, 0.717) is 19.8 Å². The van der Waals surface area contributed by atoms with Crippen molar-refractivity contribution in [1.82, 2.24) is 10.6 Å². The van der Waals surface area contributed by atoms with Crippen molar-refractivity contribution >= 4 is 5.96 Å². The van der Waals surface area contributed by atoms with E-state index >= 15 is 0 Å². The van der Waals surface area contributed by atoms with Gasteiger partial charge in [0, 0.05) is 25.8 Å². The fourth-order valence-corrected chi connectivity index (χ4v) is 1.86. The second-order valence-corrected chi connectivity index (χ2v) is 4.79. The van der Waals surface area contributed by atoms with Gasteiger partial charge < -0.3 is 24.8 Å². The first-order chi connectivity index (χ1) is 10.7. The molecule has 0 saturated heterocycles. The minimum atomic E-state index is 0.196. The molecule has 1 atom stereocenters. The van der Waals surface area contributed by atoms with Crippen LogP contribution in [0.15, 0.2) is 29.3 Å². The molecule has 1 rings (SSSR count). The average Bonchev–Trinajstić information content (AvgIpc) is 2.52. The van der Waals surface area contributed by atoms with Gasteiger partial charge in [-0.1, -0.05) is 6.07 Å². The summed E-state index contributed by atoms with van der Waals surface area (Å²) in [5.41, 5.74) is 0. The van der Waals surface area contributed by atoms with Gasteiger partial charge in [0.15, 0.2) is 5.96 Å². The van der Waals surface area contributed by atoms with E-state index in [4.69, 9.17) is 14.2 Å². The number of hydrogen-bond acceptors (Lipinski definition) is 4. The van der Waals surface area contributed by atoms with Gasteiger partial charge in [-0.05, 0) is 26.0 Å². The lowest BCUT2D eigenvalue weighted by atomic mass is 10.3. The summed E-state index contributed by atoms with van der Waals surface area (Å²) in [7, 11) is 3.32. The number of nitrogens with one attached hydrogen (secondary N) is 2. The van der Waals surface area contributed by atoms with Crippen LogP contribution >= 0.6 is 0 Å². The molecule has 2 N–H and O–H groups in total. The van der Waals surface area contributed by atoms with Gasteiger partial charge in [-0.2, -0.15) is 0 Å². The van der Waals surface area contributed by atoms with E-state index in [0.717, 1.165) is 24.0 Å². The highest BCUT2D eigenvalue weighted by Crippen LogP contribution is 2.18. The number of aliphatic imine (C=N–C) groups is 1. The molecular weight excluding hydrogens is 282 g/mol. The molecule has 0 heterocycles. The van der Waals surface area contributed by atoms with Crippen LogP contribution in [0, 0.1) is 0 Å². The summed E-state index contributed by atoms with van der Waals surface area (Å²) in [6, 6.07) is 7.73. The van der Waals surface area contributed by atoms with Crippen LogP contribution in [0.5, 0.6) is 11.5 Å². The molecule has 22 heavy (non-hydrogen) atoms. The molecule has 0 radical (unpaired) electrons. The number of ether oxygens (including phenoxy) is 3. The third kappa shape index (κ3) is 7.17. The maximum atomic E-state index is 5.66. The first-order valence-corrected chi connectivity index (χ1v) is 7.50. The molecule has 6 heteroatoms. The number of hydrogen-bond donors (Lipinski definition) is 2. The van der Waals surface area contributed by atoms with Crippen LogP contribution < -0.4 is 20.1 Å². The van der Waals surface area contributed by atoms with Gasteiger partial charge >= 0.3 is 0 Å². The van der Waals surface area contributed by atoms with Crippen LogP contribution in [0.2, 0.25) is 0 Å². The average molecular weight is 309 g/mol. The Morgan fingerprint density at radius 3 is 2.73 bits per heavy atom. The fraction of sp³-hybridized carbons (Fsp3) is 0.562. The predicted octanol–water partition coefficient (Wildman–Crippen LogP) is 1.66. The van der Waals surface area contributed by atoms with E-state index in [1.165, 1.54) is 0 Å². The molecule has 6 nitrogen and oxygen atoms in total. The number of nitrogens with zero attached hydrogens (tertiary/aromatic N) is 1. The summed E-state index contributed by atoms with van der Waals surface area (Å²) in [6.45, 7) is 6.58. The molecule has 0 aliphatic rings. The van der Waals surface area contributed by atoms with Crippen molar-refractivity contribution in [3.05, 3.63) is 24.3 Å². The highest BCUT2D eigenvalue weighted by molar-refractivity contribution is 5.80. The topological polar surface area (TPSA) is 64.1 Å². The van der Waals surface area contributed by atoms with Crippen LogP contribution in [0.3, 0.4) is 0 Å². The Hall–Kier alpha value is -1.95. The molecule has 124 valence electrons. The standard InChI is InChI=1S/C16H27N3O3/c1-5-17-16(19-13(2)12-20-3)18-9-10-22-15-8-6-7-14(11-15)21-4/h6-8,11,13H,5,9-10,12H2,1-4H3,(H2,17,18,19). The van der Waals surface area contributed by atoms with Gasteiger partial charge in [0.25, 0.3) is 0 Å². The van der Waals surface area contributed by atoms with Crippen molar-refractivity contribution in [3.63, 3.8) is 0 Å². The molecular formula is C16H27N3O3. The molecule has 0 aliphatic heterocycles. The molecule has 0 amide bonds. The molecule has 0 aromatic heterocycles. The molecule has 0 fully saturated rings. The first kappa shape index (κ1) is 18.1. The molecule has 0 saturated carbocycles. The van der Waals surface area contributed by atoms with Crippen LogP contribution in [0.1, 0.15) is 13.8 Å². The summed E-state index contributed by atoms with van der Waals surface area (Å²) >= 11 is 0. The van der Waals surface area contributed by atoms with Crippen LogP contribution in [0.25, 0.3) is 0 Å². The van der Waals surface area contributed by atoms with Gasteiger partial charge in [-0.3, -0.25) is 0 Å². The lowest BCUT2D eigenvalue weighted by molar-refractivity contribution is 0.179. The lowest BCUT2D eigenvalue weighted by Crippen LogP contribution is -2.44. The number of methoxy groups -OCH3 is 2. The predicted molar refractivity (Wildman–Crippen MR) is 88.9 cm³/mol. The monoisotopic (exact) mass is 309 g/mol. The van der Waals surface area contributed by atoms with Gasteiger partial charge in [0.05, 0.1) is 20.3 Å². The molecule has 1 aromatic carbocycles. The maximum Gasteiger partial charge on any atom is 0.191 e. The Labute approximate surface area is 132 Å². The molecule has 1 aromatic rings. The lowest BCUT2D eigenvalue weighted by Gasteiger charge is -2.17. The van der Waals surface area contributed by atoms with Crippen LogP contribution in [-0.4, -0.2) is 52.5 Å². The Kier molecular flexibility index (Phi) is 8.83. The van der Waals surface area contributed by atoms with Crippen molar-refractivity contribution in [1.29, 1.82) is 0 Å². The number of guanidine groups is 1. The van der Waals surface area contributed by atoms with Gasteiger partial charge in [0.2, 0.25) is 0 Å². The van der Waals surface area contributed by atoms with Crippen molar-refractivity contribution in [2.75, 3.05) is 40.5 Å². The normalized spacial score (nSPS) is 12.6. The van der Waals surface area contributed by atoms with Crippen LogP contribution in [-0.2, 0) is 4.74 Å². The second kappa shape index (κ2) is 10.7. The summed E-state index contributed by atoms with van der Waals surface area (Å²) in [5, 5.41) is 6.47. The third-order valence-electron chi connectivity index (χ3n) is 2.82. The highest BCUT2D eigenvalue weighted by Gasteiger charge is 2.04. The van der Waals surface area contributed by atoms with E-state index in [2.05, 4.69) is 15.6 Å².